The van der Waals surface area contributed by atoms with E-state index in [1.54, 1.807) is 38.1 Å². The van der Waals surface area contributed by atoms with Crippen molar-refractivity contribution in [3.8, 4) is 16.5 Å². The van der Waals surface area contributed by atoms with E-state index >= 15 is 0 Å². The first kappa shape index (κ1) is 18.3. The number of ether oxygens (including phenoxy) is 1. The molecule has 0 aliphatic heterocycles. The number of rotatable bonds is 5. The second-order valence-electron chi connectivity index (χ2n) is 6.08. The molecule has 0 aliphatic carbocycles. The highest BCUT2D eigenvalue weighted by atomic mass is 35.5. The van der Waals surface area contributed by atoms with Crippen LogP contribution in [0, 0.1) is 13.8 Å². The van der Waals surface area contributed by atoms with E-state index in [1.807, 2.05) is 13.8 Å². The first-order valence-corrected chi connectivity index (χ1v) is 8.98. The molecule has 0 radical (unpaired) electrons. The SMILES string of the molecule is Cc1nc(C)c(-c2nnc(NC(=O)C(C)(C)Oc3ccc(Cl)cc3)o2)s1. The molecule has 1 amide bonds. The first-order chi connectivity index (χ1) is 12.2. The molecular weight excluding hydrogens is 376 g/mol. The molecule has 2 heterocycles. The Kier molecular flexibility index (Phi) is 4.97. The third-order valence-electron chi connectivity index (χ3n) is 3.48. The van der Waals surface area contributed by atoms with Gasteiger partial charge in [0.25, 0.3) is 11.8 Å². The van der Waals surface area contributed by atoms with Gasteiger partial charge >= 0.3 is 6.01 Å². The smallest absolute Gasteiger partial charge is 0.322 e. The van der Waals surface area contributed by atoms with Crippen molar-refractivity contribution >= 4 is 34.9 Å². The molecule has 3 rings (SSSR count). The number of carbonyl (C=O) groups excluding carboxylic acids is 1. The van der Waals surface area contributed by atoms with Crippen LogP contribution in [0.2, 0.25) is 5.02 Å². The summed E-state index contributed by atoms with van der Waals surface area (Å²) in [6.45, 7) is 7.05. The van der Waals surface area contributed by atoms with Gasteiger partial charge in [0.15, 0.2) is 5.60 Å². The minimum Gasteiger partial charge on any atom is -0.478 e. The summed E-state index contributed by atoms with van der Waals surface area (Å²) in [7, 11) is 0. The van der Waals surface area contributed by atoms with E-state index in [-0.39, 0.29) is 6.01 Å². The van der Waals surface area contributed by atoms with Crippen molar-refractivity contribution < 1.29 is 13.9 Å². The van der Waals surface area contributed by atoms with Crippen molar-refractivity contribution in [3.63, 3.8) is 0 Å². The molecule has 0 atom stereocenters. The molecule has 7 nitrogen and oxygen atoms in total. The topological polar surface area (TPSA) is 90.1 Å². The van der Waals surface area contributed by atoms with Crippen LogP contribution in [-0.2, 0) is 4.79 Å². The maximum Gasteiger partial charge on any atom is 0.322 e. The number of benzene rings is 1. The first-order valence-electron chi connectivity index (χ1n) is 7.78. The fourth-order valence-electron chi connectivity index (χ4n) is 2.19. The van der Waals surface area contributed by atoms with Gasteiger partial charge < -0.3 is 9.15 Å². The fraction of sp³-hybridized carbons (Fsp3) is 0.294. The fourth-order valence-corrected chi connectivity index (χ4v) is 3.15. The summed E-state index contributed by atoms with van der Waals surface area (Å²) >= 11 is 7.30. The summed E-state index contributed by atoms with van der Waals surface area (Å²) in [4.78, 5) is 17.6. The van der Waals surface area contributed by atoms with Crippen LogP contribution in [0.25, 0.3) is 10.8 Å². The lowest BCUT2D eigenvalue weighted by Crippen LogP contribution is -2.42. The van der Waals surface area contributed by atoms with Gasteiger partial charge in [-0.2, -0.15) is 0 Å². The van der Waals surface area contributed by atoms with Gasteiger partial charge in [0, 0.05) is 5.02 Å². The Bertz CT molecular complexity index is 934. The van der Waals surface area contributed by atoms with Crippen LogP contribution in [0.3, 0.4) is 0 Å². The van der Waals surface area contributed by atoms with Gasteiger partial charge in [-0.25, -0.2) is 4.98 Å². The third kappa shape index (κ3) is 4.03. The molecule has 136 valence electrons. The normalized spacial score (nSPS) is 11.4. The Balaban J connectivity index is 1.71. The number of anilines is 1. The minimum atomic E-state index is -1.15. The summed E-state index contributed by atoms with van der Waals surface area (Å²) < 4.78 is 11.3. The van der Waals surface area contributed by atoms with E-state index in [4.69, 9.17) is 20.8 Å². The monoisotopic (exact) mass is 392 g/mol. The van der Waals surface area contributed by atoms with Crippen LogP contribution >= 0.6 is 22.9 Å². The van der Waals surface area contributed by atoms with Crippen LogP contribution in [-0.4, -0.2) is 26.7 Å². The maximum absolute atomic E-state index is 12.5. The number of aromatic nitrogens is 3. The van der Waals surface area contributed by atoms with Gasteiger partial charge in [-0.15, -0.1) is 16.4 Å². The largest absolute Gasteiger partial charge is 0.478 e. The highest BCUT2D eigenvalue weighted by Gasteiger charge is 2.31. The van der Waals surface area contributed by atoms with Crippen molar-refractivity contribution in [2.45, 2.75) is 33.3 Å². The number of hydrogen-bond donors (Lipinski definition) is 1. The van der Waals surface area contributed by atoms with Gasteiger partial charge in [-0.1, -0.05) is 16.7 Å². The van der Waals surface area contributed by atoms with Crippen LogP contribution in [0.4, 0.5) is 6.01 Å². The van der Waals surface area contributed by atoms with Crippen LogP contribution < -0.4 is 10.1 Å². The molecule has 3 aromatic rings. The molecule has 1 aromatic carbocycles. The highest BCUT2D eigenvalue weighted by Crippen LogP contribution is 2.29. The number of amides is 1. The van der Waals surface area contributed by atoms with Crippen LogP contribution in [0.5, 0.6) is 5.75 Å². The van der Waals surface area contributed by atoms with Crippen molar-refractivity contribution in [2.24, 2.45) is 0 Å². The predicted octanol–water partition coefficient (Wildman–Crippen LogP) is 4.26. The van der Waals surface area contributed by atoms with Gasteiger partial charge in [-0.3, -0.25) is 10.1 Å². The quantitative estimate of drug-likeness (QED) is 0.697. The maximum atomic E-state index is 12.5. The second kappa shape index (κ2) is 7.05. The molecular formula is C17H17ClN4O3S. The molecule has 0 aliphatic rings. The number of nitrogens with one attached hydrogen (secondary N) is 1. The Morgan fingerprint density at radius 1 is 1.23 bits per heavy atom. The lowest BCUT2D eigenvalue weighted by Gasteiger charge is -2.24. The zero-order valence-electron chi connectivity index (χ0n) is 14.7. The summed E-state index contributed by atoms with van der Waals surface area (Å²) in [5.74, 6) is 0.427. The molecule has 1 N–H and O–H groups in total. The molecule has 0 saturated heterocycles. The van der Waals surface area contributed by atoms with E-state index < -0.39 is 11.5 Å². The second-order valence-corrected chi connectivity index (χ2v) is 7.72. The zero-order chi connectivity index (χ0) is 18.9. The minimum absolute atomic E-state index is 0.00299. The Morgan fingerprint density at radius 2 is 1.92 bits per heavy atom. The summed E-state index contributed by atoms with van der Waals surface area (Å²) in [5, 5.41) is 11.9. The van der Waals surface area contributed by atoms with E-state index in [1.165, 1.54) is 11.3 Å². The summed E-state index contributed by atoms with van der Waals surface area (Å²) in [6, 6.07) is 6.76. The molecule has 9 heteroatoms. The number of aryl methyl sites for hydroxylation is 2. The van der Waals surface area contributed by atoms with Gasteiger partial charge in [0.1, 0.15) is 10.6 Å². The Morgan fingerprint density at radius 3 is 2.54 bits per heavy atom. The van der Waals surface area contributed by atoms with E-state index in [9.17, 15) is 4.79 Å². The summed E-state index contributed by atoms with van der Waals surface area (Å²) in [5.41, 5.74) is -0.347. The van der Waals surface area contributed by atoms with Crippen molar-refractivity contribution in [1.29, 1.82) is 0 Å². The van der Waals surface area contributed by atoms with Crippen LogP contribution in [0.15, 0.2) is 28.7 Å². The molecule has 0 spiro atoms. The third-order valence-corrected chi connectivity index (χ3v) is 4.79. The molecule has 0 fully saturated rings. The van der Waals surface area contributed by atoms with E-state index in [2.05, 4.69) is 20.5 Å². The number of nitrogens with zero attached hydrogens (tertiary/aromatic N) is 3. The van der Waals surface area contributed by atoms with E-state index in [0.29, 0.717) is 16.7 Å². The summed E-state index contributed by atoms with van der Waals surface area (Å²) in [6.07, 6.45) is 0. The zero-order valence-corrected chi connectivity index (χ0v) is 16.2. The predicted molar refractivity (Wildman–Crippen MR) is 99.7 cm³/mol. The average Bonchev–Trinajstić information content (AvgIpc) is 3.15. The number of carbonyl (C=O) groups is 1. The molecule has 0 bridgehead atoms. The number of halogens is 1. The molecule has 2 aromatic heterocycles. The lowest BCUT2D eigenvalue weighted by atomic mass is 10.1. The van der Waals surface area contributed by atoms with Crippen molar-refractivity contribution in [3.05, 3.63) is 40.0 Å². The molecule has 0 saturated carbocycles. The van der Waals surface area contributed by atoms with Crippen molar-refractivity contribution in [2.75, 3.05) is 5.32 Å². The Labute approximate surface area is 159 Å². The molecule has 0 unspecified atom stereocenters. The Hall–Kier alpha value is -2.45. The van der Waals surface area contributed by atoms with Crippen LogP contribution in [0.1, 0.15) is 24.5 Å². The van der Waals surface area contributed by atoms with Gasteiger partial charge in [-0.05, 0) is 52.0 Å². The average molecular weight is 393 g/mol. The van der Waals surface area contributed by atoms with Gasteiger partial charge in [0.05, 0.1) is 10.7 Å². The van der Waals surface area contributed by atoms with E-state index in [0.717, 1.165) is 15.6 Å². The van der Waals surface area contributed by atoms with Crippen molar-refractivity contribution in [1.82, 2.24) is 15.2 Å². The molecule has 26 heavy (non-hydrogen) atoms. The standard InChI is InChI=1S/C17H17ClN4O3S/c1-9-13(26-10(2)19-9)14-21-22-16(24-14)20-15(23)17(3,4)25-12-7-5-11(18)6-8-12/h5-8H,1-4H3,(H,20,22,23). The lowest BCUT2D eigenvalue weighted by molar-refractivity contribution is -0.128. The van der Waals surface area contributed by atoms with Gasteiger partial charge in [0.2, 0.25) is 0 Å². The number of hydrogen-bond acceptors (Lipinski definition) is 7. The highest BCUT2D eigenvalue weighted by molar-refractivity contribution is 7.15. The number of thiazole rings is 1.